The molecule has 2 heterocycles. The van der Waals surface area contributed by atoms with E-state index in [2.05, 4.69) is 21.6 Å². The van der Waals surface area contributed by atoms with Crippen molar-refractivity contribution in [2.75, 3.05) is 24.5 Å². The van der Waals surface area contributed by atoms with Gasteiger partial charge < -0.3 is 15.5 Å². The van der Waals surface area contributed by atoms with Gasteiger partial charge in [-0.25, -0.2) is 0 Å². The van der Waals surface area contributed by atoms with Crippen molar-refractivity contribution < 1.29 is 4.79 Å². The van der Waals surface area contributed by atoms with Gasteiger partial charge >= 0.3 is 0 Å². The molecule has 0 saturated carbocycles. The fourth-order valence-electron chi connectivity index (χ4n) is 3.40. The summed E-state index contributed by atoms with van der Waals surface area (Å²) >= 11 is 6.29. The lowest BCUT2D eigenvalue weighted by Crippen LogP contribution is -2.54. The maximum Gasteiger partial charge on any atom is 0.237 e. The lowest BCUT2D eigenvalue weighted by molar-refractivity contribution is -0.124. The predicted molar refractivity (Wildman–Crippen MR) is 90.5 cm³/mol. The highest BCUT2D eigenvalue weighted by molar-refractivity contribution is 6.33. The van der Waals surface area contributed by atoms with Gasteiger partial charge in [0, 0.05) is 19.1 Å². The average molecular weight is 322 g/mol. The number of piperidine rings is 2. The van der Waals surface area contributed by atoms with Crippen LogP contribution in [-0.2, 0) is 4.79 Å². The minimum Gasteiger partial charge on any atom is -0.368 e. The first-order valence-corrected chi connectivity index (χ1v) is 8.65. The van der Waals surface area contributed by atoms with Crippen LogP contribution in [-0.4, -0.2) is 37.6 Å². The van der Waals surface area contributed by atoms with Gasteiger partial charge in [-0.15, -0.1) is 0 Å². The first-order chi connectivity index (χ1) is 10.7. The summed E-state index contributed by atoms with van der Waals surface area (Å²) in [4.78, 5) is 14.6. The number of hydrogen-bond donors (Lipinski definition) is 2. The molecule has 1 aromatic rings. The molecule has 2 atom stereocenters. The third-order valence-corrected chi connectivity index (χ3v) is 4.91. The molecule has 5 heteroatoms. The largest absolute Gasteiger partial charge is 0.368 e. The predicted octanol–water partition coefficient (Wildman–Crippen LogP) is 2.57. The highest BCUT2D eigenvalue weighted by atomic mass is 35.5. The number of halogens is 1. The molecule has 0 aromatic heterocycles. The molecule has 4 nitrogen and oxygen atoms in total. The van der Waals surface area contributed by atoms with E-state index in [9.17, 15) is 4.79 Å². The maximum atomic E-state index is 12.4. The Balaban J connectivity index is 1.58. The summed E-state index contributed by atoms with van der Waals surface area (Å²) in [6, 6.07) is 8.13. The molecule has 0 aliphatic carbocycles. The van der Waals surface area contributed by atoms with Gasteiger partial charge in [0.1, 0.15) is 0 Å². The zero-order valence-electron chi connectivity index (χ0n) is 12.9. The van der Waals surface area contributed by atoms with Gasteiger partial charge in [-0.1, -0.05) is 30.2 Å². The number of rotatable bonds is 3. The van der Waals surface area contributed by atoms with Crippen LogP contribution >= 0.6 is 11.6 Å². The van der Waals surface area contributed by atoms with E-state index < -0.39 is 0 Å². The van der Waals surface area contributed by atoms with Crippen LogP contribution in [0.4, 0.5) is 5.69 Å². The number of anilines is 1. The molecule has 3 rings (SSSR count). The van der Waals surface area contributed by atoms with Gasteiger partial charge in [-0.3, -0.25) is 4.79 Å². The minimum absolute atomic E-state index is 0.00978. The first kappa shape index (κ1) is 15.6. The van der Waals surface area contributed by atoms with E-state index in [1.807, 2.05) is 18.2 Å². The van der Waals surface area contributed by atoms with Crippen molar-refractivity contribution in [3.05, 3.63) is 29.3 Å². The van der Waals surface area contributed by atoms with Crippen molar-refractivity contribution in [3.63, 3.8) is 0 Å². The smallest absolute Gasteiger partial charge is 0.237 e. The molecule has 0 bridgehead atoms. The Bertz CT molecular complexity index is 516. The Kier molecular flexibility index (Phi) is 5.21. The van der Waals surface area contributed by atoms with E-state index in [-0.39, 0.29) is 18.0 Å². The molecular weight excluding hydrogens is 298 g/mol. The Morgan fingerprint density at radius 2 is 2.09 bits per heavy atom. The van der Waals surface area contributed by atoms with E-state index in [4.69, 9.17) is 11.6 Å². The molecule has 0 spiro atoms. The zero-order chi connectivity index (χ0) is 15.4. The number of hydrogen-bond acceptors (Lipinski definition) is 3. The summed E-state index contributed by atoms with van der Waals surface area (Å²) in [5, 5.41) is 7.32. The summed E-state index contributed by atoms with van der Waals surface area (Å²) in [5.41, 5.74) is 1.07. The number of carbonyl (C=O) groups excluding carboxylic acids is 1. The number of nitrogens with one attached hydrogen (secondary N) is 2. The summed E-state index contributed by atoms with van der Waals surface area (Å²) in [6.45, 7) is 2.79. The molecule has 22 heavy (non-hydrogen) atoms. The molecule has 2 fully saturated rings. The van der Waals surface area contributed by atoms with Gasteiger partial charge in [-0.05, 0) is 44.4 Å². The fraction of sp³-hybridized carbons (Fsp3) is 0.588. The van der Waals surface area contributed by atoms with Crippen molar-refractivity contribution >= 4 is 23.2 Å². The number of benzene rings is 1. The second kappa shape index (κ2) is 7.34. The molecule has 120 valence electrons. The van der Waals surface area contributed by atoms with Crippen LogP contribution in [0.5, 0.6) is 0 Å². The van der Waals surface area contributed by atoms with Crippen LogP contribution in [0, 0.1) is 0 Å². The Labute approximate surface area is 137 Å². The van der Waals surface area contributed by atoms with E-state index in [1.165, 1.54) is 6.42 Å². The summed E-state index contributed by atoms with van der Waals surface area (Å²) in [7, 11) is 0. The van der Waals surface area contributed by atoms with Crippen molar-refractivity contribution in [3.8, 4) is 0 Å². The minimum atomic E-state index is -0.00978. The van der Waals surface area contributed by atoms with Gasteiger partial charge in [0.2, 0.25) is 5.91 Å². The molecule has 2 aliphatic heterocycles. The SMILES string of the molecule is O=C(NC1CCCN(c2ccccc2Cl)C1)[C@H]1CCCCN1. The van der Waals surface area contributed by atoms with Gasteiger partial charge in [0.25, 0.3) is 0 Å². The van der Waals surface area contributed by atoms with Crippen LogP contribution in [0.1, 0.15) is 32.1 Å². The average Bonchev–Trinajstić information content (AvgIpc) is 2.56. The molecule has 1 unspecified atom stereocenters. The van der Waals surface area contributed by atoms with Crippen molar-refractivity contribution in [2.24, 2.45) is 0 Å². The topological polar surface area (TPSA) is 44.4 Å². The third-order valence-electron chi connectivity index (χ3n) is 4.59. The van der Waals surface area contributed by atoms with Crippen LogP contribution in [0.25, 0.3) is 0 Å². The van der Waals surface area contributed by atoms with Crippen LogP contribution < -0.4 is 15.5 Å². The molecule has 2 aliphatic rings. The second-order valence-electron chi connectivity index (χ2n) is 6.25. The number of carbonyl (C=O) groups is 1. The molecule has 1 aromatic carbocycles. The van der Waals surface area contributed by atoms with E-state index in [1.54, 1.807) is 0 Å². The van der Waals surface area contributed by atoms with Gasteiger partial charge in [-0.2, -0.15) is 0 Å². The van der Waals surface area contributed by atoms with Crippen molar-refractivity contribution in [1.82, 2.24) is 10.6 Å². The first-order valence-electron chi connectivity index (χ1n) is 8.27. The summed E-state index contributed by atoms with van der Waals surface area (Å²) in [5.74, 6) is 0.158. The molecule has 1 amide bonds. The Morgan fingerprint density at radius 1 is 1.23 bits per heavy atom. The molecule has 2 N–H and O–H groups in total. The zero-order valence-corrected chi connectivity index (χ0v) is 13.6. The number of nitrogens with zero attached hydrogens (tertiary/aromatic N) is 1. The van der Waals surface area contributed by atoms with Gasteiger partial charge in [0.15, 0.2) is 0 Å². The molecule has 2 saturated heterocycles. The maximum absolute atomic E-state index is 12.4. The van der Waals surface area contributed by atoms with Crippen LogP contribution in [0.15, 0.2) is 24.3 Å². The highest BCUT2D eigenvalue weighted by Crippen LogP contribution is 2.27. The number of para-hydroxylation sites is 1. The number of amides is 1. The lowest BCUT2D eigenvalue weighted by atomic mass is 10.0. The van der Waals surface area contributed by atoms with Crippen LogP contribution in [0.2, 0.25) is 5.02 Å². The molecule has 0 radical (unpaired) electrons. The summed E-state index contributed by atoms with van der Waals surface area (Å²) < 4.78 is 0. The van der Waals surface area contributed by atoms with Gasteiger partial charge in [0.05, 0.1) is 16.8 Å². The van der Waals surface area contributed by atoms with E-state index in [0.29, 0.717) is 0 Å². The van der Waals surface area contributed by atoms with Crippen LogP contribution in [0.3, 0.4) is 0 Å². The normalized spacial score (nSPS) is 25.8. The lowest BCUT2D eigenvalue weighted by Gasteiger charge is -2.36. The van der Waals surface area contributed by atoms with Crippen molar-refractivity contribution in [1.29, 1.82) is 0 Å². The van der Waals surface area contributed by atoms with E-state index in [0.717, 1.165) is 56.0 Å². The Morgan fingerprint density at radius 3 is 2.86 bits per heavy atom. The van der Waals surface area contributed by atoms with Crippen molar-refractivity contribution in [2.45, 2.75) is 44.2 Å². The van der Waals surface area contributed by atoms with E-state index >= 15 is 0 Å². The monoisotopic (exact) mass is 321 g/mol. The summed E-state index contributed by atoms with van der Waals surface area (Å²) in [6.07, 6.45) is 5.38. The third kappa shape index (κ3) is 3.73. The quantitative estimate of drug-likeness (QED) is 0.899. The molecular formula is C17H24ClN3O. The highest BCUT2D eigenvalue weighted by Gasteiger charge is 2.26. The fourth-order valence-corrected chi connectivity index (χ4v) is 3.65. The second-order valence-corrected chi connectivity index (χ2v) is 6.65. The Hall–Kier alpha value is -1.26. The standard InChI is InChI=1S/C17H24ClN3O/c18-14-7-1-2-9-16(14)21-11-5-6-13(12-21)20-17(22)15-8-3-4-10-19-15/h1-2,7,9,13,15,19H,3-6,8,10-12H2,(H,20,22)/t13?,15-/m1/s1.